The minimum atomic E-state index is 0.672. The number of hydrogen-bond acceptors (Lipinski definition) is 3. The van der Waals surface area contributed by atoms with E-state index in [9.17, 15) is 0 Å². The molecule has 3 nitrogen and oxygen atoms in total. The second-order valence-corrected chi connectivity index (χ2v) is 5.08. The topological polar surface area (TPSA) is 51.8 Å². The Morgan fingerprint density at radius 2 is 1.89 bits per heavy atom. The maximum absolute atomic E-state index is 6.12. The van der Waals surface area contributed by atoms with Crippen LogP contribution in [0.5, 0.6) is 0 Å². The molecule has 1 aromatic heterocycles. The number of aryl methyl sites for hydroxylation is 2. The number of rotatable bonds is 2. The van der Waals surface area contributed by atoms with Crippen LogP contribution in [0.15, 0.2) is 24.3 Å². The van der Waals surface area contributed by atoms with E-state index < -0.39 is 0 Å². The van der Waals surface area contributed by atoms with Gasteiger partial charge in [0.25, 0.3) is 0 Å². The van der Waals surface area contributed by atoms with Crippen molar-refractivity contribution in [1.82, 2.24) is 9.97 Å². The van der Waals surface area contributed by atoms with E-state index in [1.807, 2.05) is 6.07 Å². The van der Waals surface area contributed by atoms with Crippen molar-refractivity contribution in [2.75, 3.05) is 5.73 Å². The molecule has 0 aliphatic heterocycles. The fraction of sp³-hybridized carbons (Fsp3) is 0.375. The molecule has 2 aromatic rings. The first-order chi connectivity index (χ1) is 9.29. The molecule has 1 aliphatic carbocycles. The van der Waals surface area contributed by atoms with Crippen LogP contribution >= 0.6 is 0 Å². The molecule has 0 spiro atoms. The smallest absolute Gasteiger partial charge is 0.162 e. The predicted octanol–water partition coefficient (Wildman–Crippen LogP) is 3.17. The number of aromatic nitrogens is 2. The van der Waals surface area contributed by atoms with Gasteiger partial charge in [-0.05, 0) is 37.7 Å². The number of benzene rings is 1. The van der Waals surface area contributed by atoms with E-state index in [4.69, 9.17) is 10.7 Å². The molecule has 0 radical (unpaired) electrons. The van der Waals surface area contributed by atoms with Crippen molar-refractivity contribution < 1.29 is 0 Å². The van der Waals surface area contributed by atoms with Crippen LogP contribution in [0, 0.1) is 0 Å². The van der Waals surface area contributed by atoms with E-state index in [-0.39, 0.29) is 0 Å². The minimum absolute atomic E-state index is 0.672. The monoisotopic (exact) mass is 253 g/mol. The summed E-state index contributed by atoms with van der Waals surface area (Å²) in [5.74, 6) is 1.46. The van der Waals surface area contributed by atoms with Crippen LogP contribution < -0.4 is 5.73 Å². The molecule has 98 valence electrons. The summed E-state index contributed by atoms with van der Waals surface area (Å²) in [5.41, 5.74) is 10.8. The molecule has 3 heteroatoms. The summed E-state index contributed by atoms with van der Waals surface area (Å²) in [4.78, 5) is 9.29. The Bertz CT molecular complexity index is 605. The zero-order chi connectivity index (χ0) is 13.2. The number of nitrogens with zero attached hydrogens (tertiary/aromatic N) is 2. The van der Waals surface area contributed by atoms with E-state index in [1.165, 1.54) is 24.0 Å². The lowest BCUT2D eigenvalue weighted by Gasteiger charge is -2.17. The lowest BCUT2D eigenvalue weighted by atomic mass is 9.96. The first-order valence-electron chi connectivity index (χ1n) is 7.03. The fourth-order valence-electron chi connectivity index (χ4n) is 2.79. The van der Waals surface area contributed by atoms with Gasteiger partial charge in [0.1, 0.15) is 5.82 Å². The van der Waals surface area contributed by atoms with Crippen LogP contribution in [0.25, 0.3) is 11.4 Å². The van der Waals surface area contributed by atoms with Gasteiger partial charge in [-0.2, -0.15) is 0 Å². The second-order valence-electron chi connectivity index (χ2n) is 5.08. The molecule has 0 fully saturated rings. The van der Waals surface area contributed by atoms with Gasteiger partial charge in [-0.25, -0.2) is 9.97 Å². The summed E-state index contributed by atoms with van der Waals surface area (Å²) < 4.78 is 0. The zero-order valence-electron chi connectivity index (χ0n) is 11.3. The zero-order valence-corrected chi connectivity index (χ0v) is 11.3. The summed E-state index contributed by atoms with van der Waals surface area (Å²) in [6, 6.07) is 8.31. The Morgan fingerprint density at radius 1 is 1.11 bits per heavy atom. The lowest BCUT2D eigenvalue weighted by Crippen LogP contribution is -2.12. The third kappa shape index (κ3) is 2.21. The predicted molar refractivity (Wildman–Crippen MR) is 77.9 cm³/mol. The van der Waals surface area contributed by atoms with Crippen LogP contribution in [0.1, 0.15) is 36.6 Å². The molecule has 0 saturated carbocycles. The molecule has 1 heterocycles. The Balaban J connectivity index is 2.13. The van der Waals surface area contributed by atoms with Crippen molar-refractivity contribution in [2.45, 2.75) is 39.0 Å². The number of nitrogens with two attached hydrogens (primary N) is 1. The molecule has 1 aliphatic rings. The standard InChI is InChI=1S/C16H19N3/c1-2-11-7-3-4-8-12(11)16-18-14-10-6-5-9-13(14)15(17)19-16/h3-4,7-8H,2,5-6,9-10H2,1H3,(H2,17,18,19). The summed E-state index contributed by atoms with van der Waals surface area (Å²) in [6.45, 7) is 2.15. The van der Waals surface area contributed by atoms with E-state index in [0.29, 0.717) is 5.82 Å². The van der Waals surface area contributed by atoms with Crippen LogP contribution in [-0.2, 0) is 19.3 Å². The molecule has 1 aromatic carbocycles. The van der Waals surface area contributed by atoms with Crippen molar-refractivity contribution in [1.29, 1.82) is 0 Å². The molecule has 3 rings (SSSR count). The first-order valence-corrected chi connectivity index (χ1v) is 7.03. The lowest BCUT2D eigenvalue weighted by molar-refractivity contribution is 0.666. The van der Waals surface area contributed by atoms with E-state index >= 15 is 0 Å². The van der Waals surface area contributed by atoms with Crippen molar-refractivity contribution in [3.05, 3.63) is 41.1 Å². The molecular weight excluding hydrogens is 234 g/mol. The van der Waals surface area contributed by atoms with Crippen molar-refractivity contribution in [3.8, 4) is 11.4 Å². The van der Waals surface area contributed by atoms with Crippen molar-refractivity contribution >= 4 is 5.82 Å². The highest BCUT2D eigenvalue weighted by atomic mass is 15.0. The maximum Gasteiger partial charge on any atom is 0.162 e. The van der Waals surface area contributed by atoms with Gasteiger partial charge in [0, 0.05) is 16.8 Å². The van der Waals surface area contributed by atoms with E-state index in [0.717, 1.165) is 36.3 Å². The quantitative estimate of drug-likeness (QED) is 0.894. The fourth-order valence-corrected chi connectivity index (χ4v) is 2.79. The highest BCUT2D eigenvalue weighted by Gasteiger charge is 2.17. The number of anilines is 1. The molecule has 0 atom stereocenters. The van der Waals surface area contributed by atoms with Crippen molar-refractivity contribution in [2.24, 2.45) is 0 Å². The van der Waals surface area contributed by atoms with E-state index in [1.54, 1.807) is 0 Å². The van der Waals surface area contributed by atoms with Crippen LogP contribution in [0.2, 0.25) is 0 Å². The molecule has 19 heavy (non-hydrogen) atoms. The van der Waals surface area contributed by atoms with Crippen LogP contribution in [0.4, 0.5) is 5.82 Å². The van der Waals surface area contributed by atoms with E-state index in [2.05, 4.69) is 30.1 Å². The normalized spacial score (nSPS) is 14.2. The average molecular weight is 253 g/mol. The van der Waals surface area contributed by atoms with Gasteiger partial charge in [-0.3, -0.25) is 0 Å². The Morgan fingerprint density at radius 3 is 2.74 bits per heavy atom. The summed E-state index contributed by atoms with van der Waals surface area (Å²) in [5, 5.41) is 0. The molecule has 2 N–H and O–H groups in total. The summed E-state index contributed by atoms with van der Waals surface area (Å²) in [7, 11) is 0. The van der Waals surface area contributed by atoms with Crippen molar-refractivity contribution in [3.63, 3.8) is 0 Å². The van der Waals surface area contributed by atoms with Gasteiger partial charge in [-0.15, -0.1) is 0 Å². The molecule has 0 saturated heterocycles. The largest absolute Gasteiger partial charge is 0.383 e. The highest BCUT2D eigenvalue weighted by Crippen LogP contribution is 2.28. The average Bonchev–Trinajstić information content (AvgIpc) is 2.47. The SMILES string of the molecule is CCc1ccccc1-c1nc(N)c2c(n1)CCCC2. The van der Waals surface area contributed by atoms with Crippen LogP contribution in [0.3, 0.4) is 0 Å². The third-order valence-corrected chi connectivity index (χ3v) is 3.85. The van der Waals surface area contributed by atoms with Gasteiger partial charge in [0.15, 0.2) is 5.82 Å². The first kappa shape index (κ1) is 12.2. The van der Waals surface area contributed by atoms with Gasteiger partial charge in [0.05, 0.1) is 0 Å². The molecule has 0 bridgehead atoms. The molecule has 0 amide bonds. The second kappa shape index (κ2) is 5.00. The molecule has 0 unspecified atom stereocenters. The minimum Gasteiger partial charge on any atom is -0.383 e. The van der Waals surface area contributed by atoms with Gasteiger partial charge >= 0.3 is 0 Å². The summed E-state index contributed by atoms with van der Waals surface area (Å²) in [6.07, 6.45) is 5.44. The number of nitrogen functional groups attached to an aromatic ring is 1. The Hall–Kier alpha value is -1.90. The van der Waals surface area contributed by atoms with Crippen LogP contribution in [-0.4, -0.2) is 9.97 Å². The van der Waals surface area contributed by atoms with Gasteiger partial charge < -0.3 is 5.73 Å². The maximum atomic E-state index is 6.12. The summed E-state index contributed by atoms with van der Waals surface area (Å²) >= 11 is 0. The molecular formula is C16H19N3. The highest BCUT2D eigenvalue weighted by molar-refractivity contribution is 5.63. The number of hydrogen-bond donors (Lipinski definition) is 1. The number of fused-ring (bicyclic) bond motifs is 1. The Kier molecular flexibility index (Phi) is 3.20. The third-order valence-electron chi connectivity index (χ3n) is 3.85. The Labute approximate surface area is 113 Å². The van der Waals surface area contributed by atoms with Gasteiger partial charge in [0.2, 0.25) is 0 Å². The van der Waals surface area contributed by atoms with Gasteiger partial charge in [-0.1, -0.05) is 31.2 Å².